The minimum absolute atomic E-state index is 0.111. The number of hydrogen-bond donors (Lipinski definition) is 1. The van der Waals surface area contributed by atoms with Crippen molar-refractivity contribution in [2.75, 3.05) is 7.11 Å². The van der Waals surface area contributed by atoms with Gasteiger partial charge in [0.05, 0.1) is 12.0 Å². The molecule has 0 radical (unpaired) electrons. The third kappa shape index (κ3) is 3.44. The number of imidazole rings is 1. The molecule has 5 nitrogen and oxygen atoms in total. The molecule has 0 aliphatic carbocycles. The molecule has 0 bridgehead atoms. The lowest BCUT2D eigenvalue weighted by Gasteiger charge is -2.21. The van der Waals surface area contributed by atoms with E-state index in [1.165, 1.54) is 11.3 Å². The molecule has 6 heteroatoms. The van der Waals surface area contributed by atoms with Gasteiger partial charge in [-0.05, 0) is 31.5 Å². The van der Waals surface area contributed by atoms with E-state index in [2.05, 4.69) is 10.3 Å². The number of carbonyl (C=O) groups is 1. The zero-order valence-electron chi connectivity index (χ0n) is 14.7. The molecule has 0 fully saturated rings. The van der Waals surface area contributed by atoms with Crippen molar-refractivity contribution in [2.45, 2.75) is 19.9 Å². The van der Waals surface area contributed by atoms with Gasteiger partial charge in [0.15, 0.2) is 0 Å². The second kappa shape index (κ2) is 7.11. The predicted octanol–water partition coefficient (Wildman–Crippen LogP) is 3.63. The summed E-state index contributed by atoms with van der Waals surface area (Å²) in [4.78, 5) is 19.1. The van der Waals surface area contributed by atoms with E-state index in [0.717, 1.165) is 21.8 Å². The van der Waals surface area contributed by atoms with Crippen molar-refractivity contribution >= 4 is 17.2 Å². The van der Waals surface area contributed by atoms with Gasteiger partial charge in [0, 0.05) is 29.9 Å². The standard InChI is InChI=1S/C19H21N3O2S/c1-12-11-16(25-13(12)2)19(23)21-17(18-20-9-10-22(18)3)14-7-5-6-8-15(14)24-4/h5-11,17H,1-4H3,(H,21,23). The Morgan fingerprint density at radius 1 is 1.32 bits per heavy atom. The van der Waals surface area contributed by atoms with Crippen molar-refractivity contribution in [2.24, 2.45) is 7.05 Å². The highest BCUT2D eigenvalue weighted by Crippen LogP contribution is 2.30. The molecule has 1 amide bonds. The maximum absolute atomic E-state index is 12.8. The number of carbonyl (C=O) groups excluding carboxylic acids is 1. The summed E-state index contributed by atoms with van der Waals surface area (Å²) in [5.41, 5.74) is 2.00. The third-order valence-electron chi connectivity index (χ3n) is 4.23. The molecule has 1 aromatic carbocycles. The van der Waals surface area contributed by atoms with E-state index in [-0.39, 0.29) is 5.91 Å². The zero-order valence-corrected chi connectivity index (χ0v) is 15.6. The Labute approximate surface area is 151 Å². The van der Waals surface area contributed by atoms with Gasteiger partial charge >= 0.3 is 0 Å². The van der Waals surface area contributed by atoms with Crippen LogP contribution in [0.3, 0.4) is 0 Å². The first-order valence-electron chi connectivity index (χ1n) is 7.99. The number of hydrogen-bond acceptors (Lipinski definition) is 4. The van der Waals surface area contributed by atoms with E-state index < -0.39 is 6.04 Å². The fraction of sp³-hybridized carbons (Fsp3) is 0.263. The molecule has 3 rings (SSSR count). The van der Waals surface area contributed by atoms with Gasteiger partial charge in [0.25, 0.3) is 5.91 Å². The number of ether oxygens (including phenoxy) is 1. The number of rotatable bonds is 5. The first-order chi connectivity index (χ1) is 12.0. The Morgan fingerprint density at radius 3 is 2.68 bits per heavy atom. The fourth-order valence-electron chi connectivity index (χ4n) is 2.73. The normalized spacial score (nSPS) is 12.0. The molecule has 2 heterocycles. The number of methoxy groups -OCH3 is 1. The number of benzene rings is 1. The second-order valence-corrected chi connectivity index (χ2v) is 7.15. The summed E-state index contributed by atoms with van der Waals surface area (Å²) in [6.07, 6.45) is 3.59. The Balaban J connectivity index is 2.00. The summed E-state index contributed by atoms with van der Waals surface area (Å²) in [5, 5.41) is 3.12. The van der Waals surface area contributed by atoms with Crippen LogP contribution in [0, 0.1) is 13.8 Å². The number of thiophene rings is 1. The van der Waals surface area contributed by atoms with Crippen LogP contribution in [-0.4, -0.2) is 22.6 Å². The first kappa shape index (κ1) is 17.2. The number of amides is 1. The lowest BCUT2D eigenvalue weighted by molar-refractivity contribution is 0.0945. The van der Waals surface area contributed by atoms with E-state index >= 15 is 0 Å². The van der Waals surface area contributed by atoms with Crippen LogP contribution in [0.2, 0.25) is 0 Å². The van der Waals surface area contributed by atoms with Gasteiger partial charge in [-0.1, -0.05) is 18.2 Å². The number of para-hydroxylation sites is 1. The minimum atomic E-state index is -0.397. The van der Waals surface area contributed by atoms with E-state index in [4.69, 9.17) is 4.74 Å². The van der Waals surface area contributed by atoms with Crippen LogP contribution in [-0.2, 0) is 7.05 Å². The molecule has 25 heavy (non-hydrogen) atoms. The molecular formula is C19H21N3O2S. The molecule has 0 aliphatic heterocycles. The topological polar surface area (TPSA) is 56.1 Å². The molecule has 130 valence electrons. The third-order valence-corrected chi connectivity index (χ3v) is 5.38. The van der Waals surface area contributed by atoms with Gasteiger partial charge in [-0.2, -0.15) is 0 Å². The lowest BCUT2D eigenvalue weighted by atomic mass is 10.0. The minimum Gasteiger partial charge on any atom is -0.496 e. The quantitative estimate of drug-likeness (QED) is 0.760. The maximum Gasteiger partial charge on any atom is 0.262 e. The molecule has 0 aliphatic rings. The second-order valence-electron chi connectivity index (χ2n) is 5.89. The zero-order chi connectivity index (χ0) is 18.0. The molecule has 1 N–H and O–H groups in total. The van der Waals surface area contributed by atoms with E-state index in [9.17, 15) is 4.79 Å². The average molecular weight is 355 g/mol. The van der Waals surface area contributed by atoms with Crippen molar-refractivity contribution in [3.05, 3.63) is 69.4 Å². The number of nitrogens with zero attached hydrogens (tertiary/aromatic N) is 2. The van der Waals surface area contributed by atoms with Crippen LogP contribution >= 0.6 is 11.3 Å². The molecule has 3 aromatic rings. The monoisotopic (exact) mass is 355 g/mol. The molecule has 0 saturated heterocycles. The van der Waals surface area contributed by atoms with Crippen molar-refractivity contribution in [1.29, 1.82) is 0 Å². The van der Waals surface area contributed by atoms with Crippen molar-refractivity contribution in [3.8, 4) is 5.75 Å². The van der Waals surface area contributed by atoms with Crippen LogP contribution < -0.4 is 10.1 Å². The first-order valence-corrected chi connectivity index (χ1v) is 8.81. The van der Waals surface area contributed by atoms with E-state index in [1.807, 2.05) is 62.0 Å². The summed E-state index contributed by atoms with van der Waals surface area (Å²) in [5.74, 6) is 1.36. The molecule has 1 unspecified atom stereocenters. The fourth-order valence-corrected chi connectivity index (χ4v) is 3.67. The molecule has 0 saturated carbocycles. The van der Waals surface area contributed by atoms with Crippen molar-refractivity contribution < 1.29 is 9.53 Å². The SMILES string of the molecule is COc1ccccc1C(NC(=O)c1cc(C)c(C)s1)c1nccn1C. The summed E-state index contributed by atoms with van der Waals surface area (Å²) in [6.45, 7) is 4.03. The highest BCUT2D eigenvalue weighted by Gasteiger charge is 2.25. The molecule has 0 spiro atoms. The van der Waals surface area contributed by atoms with Crippen molar-refractivity contribution in [3.63, 3.8) is 0 Å². The Hall–Kier alpha value is -2.60. The summed E-state index contributed by atoms with van der Waals surface area (Å²) < 4.78 is 7.39. The van der Waals surface area contributed by atoms with Gasteiger partial charge in [0.2, 0.25) is 0 Å². The lowest BCUT2D eigenvalue weighted by Crippen LogP contribution is -2.30. The molecule has 2 aromatic heterocycles. The molecule has 1 atom stereocenters. The Morgan fingerprint density at radius 2 is 2.08 bits per heavy atom. The van der Waals surface area contributed by atoms with Crippen LogP contribution in [0.15, 0.2) is 42.7 Å². The highest BCUT2D eigenvalue weighted by molar-refractivity contribution is 7.14. The largest absolute Gasteiger partial charge is 0.496 e. The van der Waals surface area contributed by atoms with Gasteiger partial charge in [-0.3, -0.25) is 4.79 Å². The molecular weight excluding hydrogens is 334 g/mol. The van der Waals surface area contributed by atoms with Crippen LogP contribution in [0.4, 0.5) is 0 Å². The van der Waals surface area contributed by atoms with Crippen molar-refractivity contribution in [1.82, 2.24) is 14.9 Å². The number of nitrogens with one attached hydrogen (secondary N) is 1. The van der Waals surface area contributed by atoms with E-state index in [1.54, 1.807) is 13.3 Å². The maximum atomic E-state index is 12.8. The van der Waals surface area contributed by atoms with Gasteiger partial charge in [-0.25, -0.2) is 4.98 Å². The Bertz CT molecular complexity index is 878. The summed E-state index contributed by atoms with van der Waals surface area (Å²) in [7, 11) is 3.54. The van der Waals surface area contributed by atoms with Crippen LogP contribution in [0.25, 0.3) is 0 Å². The highest BCUT2D eigenvalue weighted by atomic mass is 32.1. The predicted molar refractivity (Wildman–Crippen MR) is 99.3 cm³/mol. The smallest absolute Gasteiger partial charge is 0.262 e. The summed E-state index contributed by atoms with van der Waals surface area (Å²) >= 11 is 1.50. The van der Waals surface area contributed by atoms with Crippen LogP contribution in [0.5, 0.6) is 5.75 Å². The van der Waals surface area contributed by atoms with Gasteiger partial charge in [-0.15, -0.1) is 11.3 Å². The van der Waals surface area contributed by atoms with Crippen LogP contribution in [0.1, 0.15) is 37.5 Å². The average Bonchev–Trinajstić information content (AvgIpc) is 3.18. The number of aromatic nitrogens is 2. The van der Waals surface area contributed by atoms with Gasteiger partial charge in [0.1, 0.15) is 17.6 Å². The Kier molecular flexibility index (Phi) is 4.90. The summed E-state index contributed by atoms with van der Waals surface area (Å²) in [6, 6.07) is 9.20. The van der Waals surface area contributed by atoms with Gasteiger partial charge < -0.3 is 14.6 Å². The van der Waals surface area contributed by atoms with E-state index in [0.29, 0.717) is 10.6 Å². The number of aryl methyl sites for hydroxylation is 3.